The molecule has 0 radical (unpaired) electrons. The third kappa shape index (κ3) is 38.8. The van der Waals surface area contributed by atoms with Gasteiger partial charge in [0.15, 0.2) is 16.6 Å². The van der Waals surface area contributed by atoms with Crippen molar-refractivity contribution in [3.8, 4) is 22.4 Å². The molecule has 12 rings (SSSR count). The number of alkyl halides is 2. The minimum Gasteiger partial charge on any atom is -0.393 e. The van der Waals surface area contributed by atoms with Crippen LogP contribution < -0.4 is 30.9 Å². The number of nitrogens with two attached hydrogens (primary N) is 1. The molecule has 5 heterocycles. The van der Waals surface area contributed by atoms with Crippen LogP contribution in [0.25, 0.3) is 22.4 Å². The van der Waals surface area contributed by atoms with Crippen molar-refractivity contribution in [2.75, 3.05) is 172 Å². The highest BCUT2D eigenvalue weighted by Crippen LogP contribution is 2.45. The number of ether oxygens (including phenoxy) is 3. The molecule has 1 saturated carbocycles. The Bertz CT molecular complexity index is 4380. The Hall–Kier alpha value is -3.23. The summed E-state index contributed by atoms with van der Waals surface area (Å²) in [5.41, 5.74) is 12.8. The van der Waals surface area contributed by atoms with E-state index < -0.39 is 40.3 Å². The summed E-state index contributed by atoms with van der Waals surface area (Å²) in [5.74, 6) is 4.12. The lowest BCUT2D eigenvalue weighted by atomic mass is 9.98. The molecule has 4 saturated heterocycles. The van der Waals surface area contributed by atoms with E-state index in [1.807, 2.05) is 104 Å². The number of benzene rings is 6. The monoisotopic (exact) mass is 2010 g/mol. The van der Waals surface area contributed by atoms with E-state index in [2.05, 4.69) is 94.5 Å². The number of thioether (sulfide) groups is 5. The molecule has 21 nitrogen and oxygen atoms in total. The smallest absolute Gasteiger partial charge is 0.393 e. The molecule has 0 spiro atoms. The van der Waals surface area contributed by atoms with E-state index in [0.29, 0.717) is 89.1 Å². The largest absolute Gasteiger partial charge is 0.471 e. The number of aliphatic hydroxyl groups excluding tert-OH is 1. The number of piperazine rings is 1. The number of hydrogen-bond donors (Lipinski definition) is 7. The van der Waals surface area contributed by atoms with Gasteiger partial charge >= 0.3 is 7.82 Å². The second-order valence-electron chi connectivity index (χ2n) is 30.8. The summed E-state index contributed by atoms with van der Waals surface area (Å²) in [6.07, 6.45) is 24.6. The number of nitrogens with zero attached hydrogens (tertiary/aromatic N) is 5. The van der Waals surface area contributed by atoms with Gasteiger partial charge in [-0.1, -0.05) is 79.4 Å². The van der Waals surface area contributed by atoms with Crippen LogP contribution in [0.1, 0.15) is 116 Å². The van der Waals surface area contributed by atoms with Gasteiger partial charge in [-0.2, -0.15) is 11.8 Å². The zero-order chi connectivity index (χ0) is 87.7. The molecule has 1 aliphatic carbocycles. The van der Waals surface area contributed by atoms with Crippen LogP contribution in [0.3, 0.4) is 0 Å². The first kappa shape index (κ1) is 108. The lowest BCUT2D eigenvalue weighted by molar-refractivity contribution is -0.0677. The van der Waals surface area contributed by atoms with Crippen LogP contribution in [0.5, 0.6) is 0 Å². The number of aryl methyl sites for hydroxylation is 1. The molecule has 8 N–H and O–H groups in total. The van der Waals surface area contributed by atoms with Gasteiger partial charge in [0.2, 0.25) is 0 Å². The van der Waals surface area contributed by atoms with Crippen molar-refractivity contribution in [1.82, 2.24) is 19.7 Å². The summed E-state index contributed by atoms with van der Waals surface area (Å²) in [5, 5.41) is 16.3. The van der Waals surface area contributed by atoms with E-state index in [4.69, 9.17) is 69.6 Å². The Morgan fingerprint density at radius 2 is 1.16 bits per heavy atom. The van der Waals surface area contributed by atoms with Crippen molar-refractivity contribution in [2.45, 2.75) is 173 Å². The minimum atomic E-state index is -4.59. The van der Waals surface area contributed by atoms with Gasteiger partial charge < -0.3 is 69.6 Å². The molecule has 4 aliphatic heterocycles. The molecule has 2 atom stereocenters. The molecule has 0 unspecified atom stereocenters. The lowest BCUT2D eigenvalue weighted by Gasteiger charge is -2.37. The summed E-state index contributed by atoms with van der Waals surface area (Å²) in [7, 11) is -12.3. The number of halogens is 5. The van der Waals surface area contributed by atoms with Crippen molar-refractivity contribution in [1.29, 1.82) is 0 Å². The van der Waals surface area contributed by atoms with Gasteiger partial charge in [-0.15, -0.1) is 94.2 Å². The predicted molar refractivity (Wildman–Crippen MR) is 531 cm³/mol. The lowest BCUT2D eigenvalue weighted by Crippen LogP contribution is -2.46. The SMILES string of the molecule is CSC.CSCOC1CCCCC1.CSCOC1CCN(CC[C@@H](N)CSc2ccccc2)CC1.Cc1cc(S(=O)(=O)Nc2ccc(N3CCN(c4cc(F)cc(-c5c(S(C)(=O)=O)c(C)n(C(C)C)c5-c5ccc(Cl)cc5)c4)CC3)cc2)ccc1N[C@H](CCN1CCC(OCOP(=O)(O)O)CC1)CSc1ccccc1.ClCCCl.I.OC1CCNCC1.[HH]. The summed E-state index contributed by atoms with van der Waals surface area (Å²) >= 11 is 25.3. The third-order valence-electron chi connectivity index (χ3n) is 20.9. The van der Waals surface area contributed by atoms with Crippen molar-refractivity contribution < 1.29 is 60.8 Å². The van der Waals surface area contributed by atoms with E-state index in [1.165, 1.54) is 55.4 Å². The maximum absolute atomic E-state index is 15.8. The van der Waals surface area contributed by atoms with Crippen molar-refractivity contribution in [3.05, 3.63) is 168 Å². The fourth-order valence-corrected chi connectivity index (χ4v) is 20.0. The summed E-state index contributed by atoms with van der Waals surface area (Å²) in [6.45, 7) is 17.3. The second kappa shape index (κ2) is 57.7. The normalized spacial score (nSPS) is 16.5. The summed E-state index contributed by atoms with van der Waals surface area (Å²) < 4.78 is 108. The molecular formula is C88H133Cl3FIN9O12PS7. The standard InChI is InChI=1S/C54H65ClFN6O9PS3.C17H28N2OS2.C8H16OS.C5H11NO.C2H4Cl2.C2H6S.HI.H2/c1-37(2)62-39(4)54(74(5,66)67)52(53(62)40-11-13-42(55)14-12-40)41-32-43(56)34-47(33-41)61-29-27-60(28-30-61)46-17-15-44(16-18-46)58-75(68,69)50-19-20-51(38(3)31-50)57-45(35-73-49-9-7-6-8-10-49)21-24-59-25-22-48(23-26-59)70-36-71-72(63,64)65;1-21-14-20-16-8-11-19(12-9-16)10-7-15(18)13-22-17-5-3-2-4-6-17;1-10-7-9-8-5-3-2-4-6-8;7-5-1-3-6-4-2-5;3-1-2-4;1-3-2;;/h6-20,31-34,37,45,48,57-58H,21-30,35-36H2,1-5H3,(H2,63,64,65);2-6,15-16H,7-14,18H2,1H3;8H,2-7H2,1H3;5-7H,1-4H2;1-2H2;1-2H3;2*1H/t45-;15-;;;;;;/m11....../s1. The third-order valence-corrected chi connectivity index (χ3v) is 28.0. The van der Waals surface area contributed by atoms with Gasteiger partial charge in [0.05, 0.1) is 51.8 Å². The molecule has 7 aromatic rings. The number of sulfone groups is 1. The maximum Gasteiger partial charge on any atom is 0.471 e. The van der Waals surface area contributed by atoms with Crippen LogP contribution in [0.2, 0.25) is 5.02 Å². The Morgan fingerprint density at radius 1 is 0.639 bits per heavy atom. The van der Waals surface area contributed by atoms with Crippen LogP contribution >= 0.6 is 125 Å². The van der Waals surface area contributed by atoms with Gasteiger partial charge in [-0.25, -0.2) is 25.8 Å². The number of nitrogens with one attached hydrogen (secondary N) is 3. The highest BCUT2D eigenvalue weighted by atomic mass is 127. The first-order valence-electron chi connectivity index (χ1n) is 41.6. The average Bonchev–Trinajstić information content (AvgIpc) is 1.58. The molecule has 122 heavy (non-hydrogen) atoms. The highest BCUT2D eigenvalue weighted by Gasteiger charge is 2.32. The zero-order valence-corrected chi connectivity index (χ0v) is 83.3. The predicted octanol–water partition coefficient (Wildman–Crippen LogP) is 19.8. The van der Waals surface area contributed by atoms with Crippen molar-refractivity contribution in [2.24, 2.45) is 5.73 Å². The Morgan fingerprint density at radius 3 is 1.65 bits per heavy atom. The van der Waals surface area contributed by atoms with Gasteiger partial charge in [0.1, 0.15) is 5.82 Å². The van der Waals surface area contributed by atoms with Gasteiger partial charge in [-0.05, 0) is 250 Å². The van der Waals surface area contributed by atoms with Gasteiger partial charge in [-0.3, -0.25) is 9.25 Å². The number of hydrogen-bond acceptors (Lipinski definition) is 22. The molecule has 6 aromatic carbocycles. The van der Waals surface area contributed by atoms with Gasteiger partial charge in [0.25, 0.3) is 10.0 Å². The van der Waals surface area contributed by atoms with Crippen LogP contribution in [0.4, 0.5) is 27.1 Å². The maximum atomic E-state index is 15.8. The quantitative estimate of drug-likeness (QED) is 0.00650. The number of sulfonamides is 1. The molecule has 34 heteroatoms. The molecule has 1 aromatic heterocycles. The number of aliphatic hydroxyl groups is 1. The van der Waals surface area contributed by atoms with E-state index in [1.54, 1.807) is 90.4 Å². The molecule has 5 aliphatic rings. The number of phosphoric acid groups is 1. The molecular weight excluding hydrogens is 1880 g/mol. The fraction of sp³-hybridized carbons (Fsp3) is 0.545. The summed E-state index contributed by atoms with van der Waals surface area (Å²) in [4.78, 5) is 29.8. The van der Waals surface area contributed by atoms with Crippen LogP contribution in [0.15, 0.2) is 165 Å². The Balaban J connectivity index is 0.000000450. The van der Waals surface area contributed by atoms with E-state index in [0.717, 1.165) is 155 Å². The first-order chi connectivity index (χ1) is 58.0. The summed E-state index contributed by atoms with van der Waals surface area (Å²) in [6, 6.07) is 45.2. The van der Waals surface area contributed by atoms with Gasteiger partial charge in [0, 0.05) is 157 Å². The number of rotatable bonds is 34. The second-order valence-corrected chi connectivity index (χ2v) is 41.5. The highest BCUT2D eigenvalue weighted by molar-refractivity contribution is 14.0. The Labute approximate surface area is 782 Å². The van der Waals surface area contributed by atoms with Crippen LogP contribution in [-0.2, 0) is 43.2 Å². The molecule has 684 valence electrons. The van der Waals surface area contributed by atoms with E-state index in [-0.39, 0.29) is 65.5 Å². The number of phosphoric ester groups is 1. The van der Waals surface area contributed by atoms with Crippen LogP contribution in [-0.4, -0.2) is 234 Å². The fourth-order valence-electron chi connectivity index (χ4n) is 14.8. The van der Waals surface area contributed by atoms with Crippen molar-refractivity contribution >= 4 is 168 Å². The van der Waals surface area contributed by atoms with E-state index in [9.17, 15) is 21.4 Å². The number of piperidine rings is 3. The number of likely N-dealkylation sites (tertiary alicyclic amines) is 2. The number of anilines is 4. The van der Waals surface area contributed by atoms with E-state index >= 15 is 4.39 Å². The molecule has 0 bridgehead atoms. The minimum absolute atomic E-state index is 0. The van der Waals surface area contributed by atoms with Crippen LogP contribution in [0, 0.1) is 19.7 Å². The zero-order valence-electron chi connectivity index (χ0n) is 72.1. The Kier molecular flexibility index (Phi) is 50.9. The molecule has 5 fully saturated rings. The topological polar surface area (TPSA) is 263 Å². The first-order valence-corrected chi connectivity index (χ1v) is 54.3. The van der Waals surface area contributed by atoms with Crippen molar-refractivity contribution in [3.63, 3.8) is 0 Å². The average molecular weight is 2020 g/mol. The molecule has 0 amide bonds. The number of aromatic nitrogens is 1.